The van der Waals surface area contributed by atoms with Gasteiger partial charge in [-0.25, -0.2) is 0 Å². The van der Waals surface area contributed by atoms with E-state index >= 15 is 0 Å². The van der Waals surface area contributed by atoms with Crippen LogP contribution in [0.25, 0.3) is 5.69 Å². The van der Waals surface area contributed by atoms with Crippen molar-refractivity contribution < 1.29 is 0 Å². The molecule has 1 heterocycles. The summed E-state index contributed by atoms with van der Waals surface area (Å²) in [6, 6.07) is 6.45. The first-order valence-corrected chi connectivity index (χ1v) is 6.00. The fourth-order valence-corrected chi connectivity index (χ4v) is 2.60. The first-order chi connectivity index (χ1) is 7.86. The first-order valence-electron chi connectivity index (χ1n) is 5.59. The zero-order valence-corrected chi connectivity index (χ0v) is 9.76. The third kappa shape index (κ3) is 1.50. The second kappa shape index (κ2) is 3.87. The highest BCUT2D eigenvalue weighted by atomic mass is 32.1. The van der Waals surface area contributed by atoms with E-state index in [1.807, 2.05) is 4.57 Å². The minimum Gasteiger partial charge on any atom is -0.274 e. The number of rotatable bonds is 1. The molecule has 0 saturated heterocycles. The van der Waals surface area contributed by atoms with Crippen LogP contribution >= 0.6 is 12.2 Å². The number of hydrogen-bond donors (Lipinski definition) is 1. The molecule has 2 aromatic rings. The van der Waals surface area contributed by atoms with Gasteiger partial charge in [0, 0.05) is 0 Å². The lowest BCUT2D eigenvalue weighted by Gasteiger charge is -2.19. The Balaban J connectivity index is 2.21. The van der Waals surface area contributed by atoms with Crippen molar-refractivity contribution in [1.29, 1.82) is 0 Å². The third-order valence-corrected chi connectivity index (χ3v) is 3.47. The molecule has 0 bridgehead atoms. The number of nitrogens with one attached hydrogen (secondary N) is 1. The molecule has 1 aromatic carbocycles. The van der Waals surface area contributed by atoms with Gasteiger partial charge in [0.2, 0.25) is 0 Å². The fraction of sp³-hybridized carbons (Fsp3) is 0.333. The highest BCUT2D eigenvalue weighted by molar-refractivity contribution is 7.71. The summed E-state index contributed by atoms with van der Waals surface area (Å²) in [6.07, 6.45) is 6.67. The number of fused-ring (bicyclic) bond motifs is 1. The molecule has 0 amide bonds. The number of hydrogen-bond acceptors (Lipinski definition) is 2. The van der Waals surface area contributed by atoms with Crippen LogP contribution in [0.15, 0.2) is 24.5 Å². The Kier molecular flexibility index (Phi) is 2.36. The van der Waals surface area contributed by atoms with Gasteiger partial charge in [0.05, 0.1) is 5.69 Å². The normalized spacial score (nSPS) is 14.8. The van der Waals surface area contributed by atoms with Crippen LogP contribution in [0.2, 0.25) is 0 Å². The molecular formula is C12H13N3S. The van der Waals surface area contributed by atoms with Crippen LogP contribution in [0.4, 0.5) is 0 Å². The van der Waals surface area contributed by atoms with Crippen LogP contribution in [0.1, 0.15) is 24.0 Å². The molecule has 0 aliphatic heterocycles. The second-order valence-electron chi connectivity index (χ2n) is 4.15. The fourth-order valence-electron chi connectivity index (χ4n) is 2.41. The lowest BCUT2D eigenvalue weighted by Crippen LogP contribution is -2.07. The minimum absolute atomic E-state index is 0.666. The summed E-state index contributed by atoms with van der Waals surface area (Å²) in [5.41, 5.74) is 4.09. The topological polar surface area (TPSA) is 33.6 Å². The maximum Gasteiger partial charge on any atom is 0.199 e. The van der Waals surface area contributed by atoms with Crippen molar-refractivity contribution >= 4 is 12.2 Å². The summed E-state index contributed by atoms with van der Waals surface area (Å²) in [5.74, 6) is 0. The van der Waals surface area contributed by atoms with Crippen LogP contribution in [-0.2, 0) is 12.8 Å². The van der Waals surface area contributed by atoms with Crippen molar-refractivity contribution in [2.45, 2.75) is 25.7 Å². The molecule has 0 fully saturated rings. The van der Waals surface area contributed by atoms with Gasteiger partial charge >= 0.3 is 0 Å². The number of aromatic amines is 1. The Hall–Kier alpha value is -1.42. The average Bonchev–Trinajstić information content (AvgIpc) is 2.75. The van der Waals surface area contributed by atoms with Crippen molar-refractivity contribution in [2.75, 3.05) is 0 Å². The van der Waals surface area contributed by atoms with Gasteiger partial charge in [0.25, 0.3) is 0 Å². The van der Waals surface area contributed by atoms with E-state index in [4.69, 9.17) is 12.2 Å². The second-order valence-corrected chi connectivity index (χ2v) is 4.54. The van der Waals surface area contributed by atoms with E-state index < -0.39 is 0 Å². The van der Waals surface area contributed by atoms with E-state index in [0.717, 1.165) is 6.42 Å². The Morgan fingerprint density at radius 1 is 1.25 bits per heavy atom. The molecule has 1 aromatic heterocycles. The predicted octanol–water partition coefficient (Wildman–Crippen LogP) is 2.81. The lowest BCUT2D eigenvalue weighted by molar-refractivity contribution is 0.681. The molecule has 0 saturated carbocycles. The van der Waals surface area contributed by atoms with Gasteiger partial charge in [-0.05, 0) is 55.1 Å². The van der Waals surface area contributed by atoms with Crippen LogP contribution in [0, 0.1) is 4.77 Å². The highest BCUT2D eigenvalue weighted by Gasteiger charge is 2.14. The van der Waals surface area contributed by atoms with E-state index in [9.17, 15) is 0 Å². The number of nitrogens with zero attached hydrogens (tertiary/aromatic N) is 2. The Morgan fingerprint density at radius 2 is 2.12 bits per heavy atom. The monoisotopic (exact) mass is 231 g/mol. The maximum atomic E-state index is 5.22. The van der Waals surface area contributed by atoms with Crippen molar-refractivity contribution in [1.82, 2.24) is 14.8 Å². The highest BCUT2D eigenvalue weighted by Crippen LogP contribution is 2.26. The molecule has 1 N–H and O–H groups in total. The lowest BCUT2D eigenvalue weighted by atomic mass is 9.90. The molecule has 82 valence electrons. The predicted molar refractivity (Wildman–Crippen MR) is 65.4 cm³/mol. The van der Waals surface area contributed by atoms with Crippen LogP contribution in [-0.4, -0.2) is 14.8 Å². The van der Waals surface area contributed by atoms with Crippen molar-refractivity contribution in [3.8, 4) is 5.69 Å². The van der Waals surface area contributed by atoms with Gasteiger partial charge in [0.1, 0.15) is 6.33 Å². The summed E-state index contributed by atoms with van der Waals surface area (Å²) < 4.78 is 2.62. The van der Waals surface area contributed by atoms with E-state index in [-0.39, 0.29) is 0 Å². The first kappa shape index (κ1) is 9.78. The molecule has 3 rings (SSSR count). The summed E-state index contributed by atoms with van der Waals surface area (Å²) in [5, 5.41) is 6.78. The molecule has 1 aliphatic carbocycles. The molecule has 0 radical (unpaired) electrons. The summed E-state index contributed by atoms with van der Waals surface area (Å²) >= 11 is 5.22. The quantitative estimate of drug-likeness (QED) is 0.766. The van der Waals surface area contributed by atoms with Crippen molar-refractivity contribution in [3.63, 3.8) is 0 Å². The van der Waals surface area contributed by atoms with Crippen LogP contribution < -0.4 is 0 Å². The summed E-state index contributed by atoms with van der Waals surface area (Å²) in [6.45, 7) is 0. The Bertz CT molecular complexity index is 568. The van der Waals surface area contributed by atoms with Crippen molar-refractivity contribution in [3.05, 3.63) is 40.4 Å². The third-order valence-electron chi connectivity index (χ3n) is 3.18. The summed E-state index contributed by atoms with van der Waals surface area (Å²) in [4.78, 5) is 0. The number of benzene rings is 1. The smallest absolute Gasteiger partial charge is 0.199 e. The molecule has 0 atom stereocenters. The average molecular weight is 231 g/mol. The van der Waals surface area contributed by atoms with E-state index in [2.05, 4.69) is 28.4 Å². The molecule has 1 aliphatic rings. The van der Waals surface area contributed by atoms with Gasteiger partial charge in [-0.2, -0.15) is 5.10 Å². The largest absolute Gasteiger partial charge is 0.274 e. The zero-order chi connectivity index (χ0) is 11.0. The molecule has 16 heavy (non-hydrogen) atoms. The van der Waals surface area contributed by atoms with Gasteiger partial charge < -0.3 is 0 Å². The zero-order valence-electron chi connectivity index (χ0n) is 8.94. The maximum absolute atomic E-state index is 5.22. The van der Waals surface area contributed by atoms with Gasteiger partial charge in [0.15, 0.2) is 4.77 Å². The van der Waals surface area contributed by atoms with E-state index in [1.54, 1.807) is 6.33 Å². The minimum atomic E-state index is 0.666. The standard InChI is InChI=1S/C12H13N3S/c16-12-14-13-8-15(12)11-7-3-5-9-4-1-2-6-10(9)11/h3,5,7-8H,1-2,4,6H2,(H,14,16). The summed E-state index contributed by atoms with van der Waals surface area (Å²) in [7, 11) is 0. The number of aromatic nitrogens is 3. The van der Waals surface area contributed by atoms with Crippen LogP contribution in [0.5, 0.6) is 0 Å². The van der Waals surface area contributed by atoms with Gasteiger partial charge in [-0.1, -0.05) is 12.1 Å². The van der Waals surface area contributed by atoms with Crippen molar-refractivity contribution in [2.24, 2.45) is 0 Å². The molecule has 3 nitrogen and oxygen atoms in total. The van der Waals surface area contributed by atoms with Gasteiger partial charge in [-0.15, -0.1) is 0 Å². The van der Waals surface area contributed by atoms with E-state index in [1.165, 1.54) is 36.1 Å². The molecule has 4 heteroatoms. The number of aryl methyl sites for hydroxylation is 1. The van der Waals surface area contributed by atoms with Crippen LogP contribution in [0.3, 0.4) is 0 Å². The number of H-pyrrole nitrogens is 1. The SMILES string of the molecule is S=c1[nH]ncn1-c1cccc2c1CCCC2. The Labute approximate surface area is 99.1 Å². The van der Waals surface area contributed by atoms with E-state index in [0.29, 0.717) is 4.77 Å². The van der Waals surface area contributed by atoms with Gasteiger partial charge in [-0.3, -0.25) is 9.67 Å². The Morgan fingerprint density at radius 3 is 2.94 bits per heavy atom. The molecule has 0 spiro atoms. The molecular weight excluding hydrogens is 218 g/mol. The molecule has 0 unspecified atom stereocenters.